The molecule has 0 aliphatic heterocycles. The van der Waals surface area contributed by atoms with Gasteiger partial charge < -0.3 is 9.97 Å². The highest BCUT2D eigenvalue weighted by atomic mass is 14.7. The van der Waals surface area contributed by atoms with E-state index in [9.17, 15) is 0 Å². The highest BCUT2D eigenvalue weighted by molar-refractivity contribution is 6.24. The van der Waals surface area contributed by atoms with Gasteiger partial charge in [-0.05, 0) is 94.1 Å². The van der Waals surface area contributed by atoms with Gasteiger partial charge in [0.15, 0.2) is 0 Å². The summed E-state index contributed by atoms with van der Waals surface area (Å²) >= 11 is 0. The van der Waals surface area contributed by atoms with Crippen LogP contribution in [0.2, 0.25) is 0 Å². The van der Waals surface area contributed by atoms with E-state index in [2.05, 4.69) is 98.3 Å². The number of aromatic amines is 2. The molecule has 2 heteroatoms. The van der Waals surface area contributed by atoms with Gasteiger partial charge in [0.05, 0.1) is 0 Å². The van der Waals surface area contributed by atoms with Crippen molar-refractivity contribution in [2.75, 3.05) is 0 Å². The molecule has 0 bridgehead atoms. The fourth-order valence-corrected chi connectivity index (χ4v) is 8.42. The van der Waals surface area contributed by atoms with E-state index in [0.717, 1.165) is 24.7 Å². The van der Waals surface area contributed by atoms with Crippen molar-refractivity contribution in [3.8, 4) is 0 Å². The summed E-state index contributed by atoms with van der Waals surface area (Å²) in [6, 6.07) is 23.7. The van der Waals surface area contributed by atoms with Gasteiger partial charge in [-0.1, -0.05) is 141 Å². The highest BCUT2D eigenvalue weighted by Crippen LogP contribution is 2.38. The number of hydrogen-bond donors (Lipinski definition) is 2. The molecule has 244 valence electrons. The van der Waals surface area contributed by atoms with E-state index in [1.165, 1.54) is 155 Å². The summed E-state index contributed by atoms with van der Waals surface area (Å²) in [5.74, 6) is 1.71. The number of aryl methyl sites for hydroxylation is 2. The Morgan fingerprint density at radius 3 is 1.13 bits per heavy atom. The zero-order chi connectivity index (χ0) is 31.9. The van der Waals surface area contributed by atoms with Gasteiger partial charge in [-0.25, -0.2) is 0 Å². The molecule has 0 aliphatic rings. The third-order valence-electron chi connectivity index (χ3n) is 11.0. The Morgan fingerprint density at radius 2 is 0.761 bits per heavy atom. The monoisotopic (exact) mass is 614 g/mol. The molecule has 0 fully saturated rings. The van der Waals surface area contributed by atoms with Crippen LogP contribution in [0.3, 0.4) is 0 Å². The minimum atomic E-state index is 0.855. The molecule has 0 amide bonds. The number of rotatable bonds is 18. The lowest BCUT2D eigenvalue weighted by Gasteiger charge is -2.15. The van der Waals surface area contributed by atoms with Gasteiger partial charge in [0.25, 0.3) is 0 Å². The highest BCUT2D eigenvalue weighted by Gasteiger charge is 2.14. The number of unbranched alkanes of at least 4 members (excludes halogenated alkanes) is 4. The topological polar surface area (TPSA) is 31.6 Å². The van der Waals surface area contributed by atoms with Gasteiger partial charge in [-0.3, -0.25) is 0 Å². The van der Waals surface area contributed by atoms with Gasteiger partial charge in [0.1, 0.15) is 0 Å². The Balaban J connectivity index is 1.26. The Labute approximate surface area is 277 Å². The summed E-state index contributed by atoms with van der Waals surface area (Å²) < 4.78 is 0. The first-order valence-corrected chi connectivity index (χ1v) is 19.0. The van der Waals surface area contributed by atoms with Crippen LogP contribution >= 0.6 is 0 Å². The second-order valence-electron chi connectivity index (χ2n) is 14.4. The number of H-pyrrole nitrogens is 2. The minimum Gasteiger partial charge on any atom is -0.358 e. The van der Waals surface area contributed by atoms with Gasteiger partial charge in [0.2, 0.25) is 0 Å². The second kappa shape index (κ2) is 15.6. The summed E-state index contributed by atoms with van der Waals surface area (Å²) in [5.41, 5.74) is 5.33. The molecule has 2 aromatic heterocycles. The maximum absolute atomic E-state index is 3.79. The van der Waals surface area contributed by atoms with Gasteiger partial charge in [0, 0.05) is 33.2 Å². The molecule has 0 saturated heterocycles. The average Bonchev–Trinajstić information content (AvgIpc) is 3.70. The molecule has 2 unspecified atom stereocenters. The fourth-order valence-electron chi connectivity index (χ4n) is 8.42. The zero-order valence-corrected chi connectivity index (χ0v) is 29.2. The standard InChI is InChI=1S/C44H58N2/c1-5-9-11-15-31(13-7-3)17-19-33-29-41-39-23-21-36-35(37(39)25-27-43(41)45-33)22-24-40-38(36)26-28-44-42(40)30-34(46-44)20-18-32(14-8-4)16-12-10-6-2/h21-32,45-46H,5-20H2,1-4H3. The largest absolute Gasteiger partial charge is 0.358 e. The molecule has 2 heterocycles. The lowest BCUT2D eigenvalue weighted by Crippen LogP contribution is -2.02. The number of benzene rings is 4. The van der Waals surface area contributed by atoms with Crippen molar-refractivity contribution in [3.63, 3.8) is 0 Å². The summed E-state index contributed by atoms with van der Waals surface area (Å²) in [5, 5.41) is 10.9. The maximum atomic E-state index is 3.79. The third-order valence-corrected chi connectivity index (χ3v) is 11.0. The summed E-state index contributed by atoms with van der Waals surface area (Å²) in [6.07, 6.45) is 21.1. The molecular formula is C44H58N2. The first-order chi connectivity index (χ1) is 22.6. The van der Waals surface area contributed by atoms with Gasteiger partial charge >= 0.3 is 0 Å². The van der Waals surface area contributed by atoms with Crippen LogP contribution in [0.1, 0.15) is 129 Å². The van der Waals surface area contributed by atoms with Crippen LogP contribution in [-0.4, -0.2) is 9.97 Å². The van der Waals surface area contributed by atoms with E-state index >= 15 is 0 Å². The Bertz CT molecular complexity index is 1730. The Hall–Kier alpha value is -3.26. The lowest BCUT2D eigenvalue weighted by atomic mass is 9.91. The molecule has 4 aromatic carbocycles. The molecule has 0 aliphatic carbocycles. The quantitative estimate of drug-likeness (QED) is 0.0713. The van der Waals surface area contributed by atoms with Gasteiger partial charge in [-0.15, -0.1) is 0 Å². The van der Waals surface area contributed by atoms with Crippen molar-refractivity contribution in [2.24, 2.45) is 11.8 Å². The molecule has 2 atom stereocenters. The molecule has 46 heavy (non-hydrogen) atoms. The summed E-state index contributed by atoms with van der Waals surface area (Å²) in [6.45, 7) is 9.30. The summed E-state index contributed by atoms with van der Waals surface area (Å²) in [4.78, 5) is 7.57. The minimum absolute atomic E-state index is 0.855. The summed E-state index contributed by atoms with van der Waals surface area (Å²) in [7, 11) is 0. The van der Waals surface area contributed by atoms with Crippen LogP contribution in [0.15, 0.2) is 60.7 Å². The SMILES string of the molecule is CCCCCC(CCC)CCc1cc2c(ccc3c2ccc2c4ccc5[nH]c(CCC(CCC)CCCCC)cc5c4ccc32)[nH]1. The molecule has 0 saturated carbocycles. The second-order valence-corrected chi connectivity index (χ2v) is 14.4. The molecule has 2 N–H and O–H groups in total. The first kappa shape index (κ1) is 32.7. The average molecular weight is 615 g/mol. The number of fused-ring (bicyclic) bond motifs is 9. The molecule has 6 rings (SSSR count). The van der Waals surface area contributed by atoms with E-state index in [4.69, 9.17) is 0 Å². The number of hydrogen-bond acceptors (Lipinski definition) is 0. The molecule has 6 aromatic rings. The smallest absolute Gasteiger partial charge is 0.0462 e. The lowest BCUT2D eigenvalue weighted by molar-refractivity contribution is 0.397. The molecule has 0 spiro atoms. The van der Waals surface area contributed by atoms with E-state index in [1.807, 2.05) is 0 Å². The normalized spacial score (nSPS) is 13.6. The third kappa shape index (κ3) is 7.17. The molecule has 2 nitrogen and oxygen atoms in total. The predicted molar refractivity (Wildman–Crippen MR) is 204 cm³/mol. The van der Waals surface area contributed by atoms with Crippen LogP contribution in [0.4, 0.5) is 0 Å². The van der Waals surface area contributed by atoms with Crippen molar-refractivity contribution < 1.29 is 0 Å². The van der Waals surface area contributed by atoms with Crippen molar-refractivity contribution in [3.05, 3.63) is 72.1 Å². The van der Waals surface area contributed by atoms with Crippen molar-refractivity contribution in [1.82, 2.24) is 9.97 Å². The van der Waals surface area contributed by atoms with E-state index in [1.54, 1.807) is 0 Å². The molecular weight excluding hydrogens is 556 g/mol. The predicted octanol–water partition coefficient (Wildman–Crippen LogP) is 14.0. The van der Waals surface area contributed by atoms with E-state index < -0.39 is 0 Å². The Kier molecular flexibility index (Phi) is 11.0. The first-order valence-electron chi connectivity index (χ1n) is 19.0. The van der Waals surface area contributed by atoms with Crippen molar-refractivity contribution in [2.45, 2.75) is 130 Å². The van der Waals surface area contributed by atoms with E-state index in [0.29, 0.717) is 0 Å². The maximum Gasteiger partial charge on any atom is 0.0462 e. The fraction of sp³-hybridized carbons (Fsp3) is 0.500. The van der Waals surface area contributed by atoms with Crippen LogP contribution in [0.5, 0.6) is 0 Å². The number of aromatic nitrogens is 2. The van der Waals surface area contributed by atoms with Crippen LogP contribution in [0.25, 0.3) is 54.1 Å². The van der Waals surface area contributed by atoms with Crippen LogP contribution < -0.4 is 0 Å². The zero-order valence-electron chi connectivity index (χ0n) is 29.2. The Morgan fingerprint density at radius 1 is 0.391 bits per heavy atom. The van der Waals surface area contributed by atoms with Gasteiger partial charge in [-0.2, -0.15) is 0 Å². The van der Waals surface area contributed by atoms with E-state index in [-0.39, 0.29) is 0 Å². The molecule has 0 radical (unpaired) electrons. The van der Waals surface area contributed by atoms with Crippen molar-refractivity contribution in [1.29, 1.82) is 0 Å². The number of nitrogens with one attached hydrogen (secondary N) is 2. The van der Waals surface area contributed by atoms with Crippen LogP contribution in [0, 0.1) is 11.8 Å². The van der Waals surface area contributed by atoms with Crippen LogP contribution in [-0.2, 0) is 12.8 Å². The van der Waals surface area contributed by atoms with Crippen molar-refractivity contribution >= 4 is 54.1 Å².